The van der Waals surface area contributed by atoms with Gasteiger partial charge in [-0.25, -0.2) is 4.79 Å². The van der Waals surface area contributed by atoms with Crippen LogP contribution in [0, 0.1) is 5.92 Å². The average molecular weight is 414 g/mol. The van der Waals surface area contributed by atoms with Crippen molar-refractivity contribution in [2.24, 2.45) is 5.92 Å². The SMILES string of the molecule is CC[S@](=O)c1ccccc1C(=O)OCC(=O)N1CCC(Cc2ccccc2)CC1. The molecular formula is C23H27NO4S. The fraction of sp³-hybridized carbons (Fsp3) is 0.391. The summed E-state index contributed by atoms with van der Waals surface area (Å²) in [5, 5.41) is 0. The van der Waals surface area contributed by atoms with Crippen LogP contribution in [0.1, 0.15) is 35.7 Å². The van der Waals surface area contributed by atoms with Crippen molar-refractivity contribution in [3.05, 3.63) is 65.7 Å². The number of carbonyl (C=O) groups excluding carboxylic acids is 2. The number of likely N-dealkylation sites (tertiary alicyclic amines) is 1. The summed E-state index contributed by atoms with van der Waals surface area (Å²) in [5.74, 6) is 0.210. The van der Waals surface area contributed by atoms with Gasteiger partial charge in [-0.15, -0.1) is 0 Å². The summed E-state index contributed by atoms with van der Waals surface area (Å²) >= 11 is 0. The van der Waals surface area contributed by atoms with Crippen LogP contribution in [0.4, 0.5) is 0 Å². The van der Waals surface area contributed by atoms with E-state index in [0.29, 0.717) is 29.7 Å². The summed E-state index contributed by atoms with van der Waals surface area (Å²) in [7, 11) is -1.26. The van der Waals surface area contributed by atoms with E-state index in [1.807, 2.05) is 6.07 Å². The largest absolute Gasteiger partial charge is 0.452 e. The zero-order valence-electron chi connectivity index (χ0n) is 16.7. The minimum Gasteiger partial charge on any atom is -0.452 e. The van der Waals surface area contributed by atoms with E-state index in [1.165, 1.54) is 5.56 Å². The molecule has 1 aliphatic rings. The molecule has 1 atom stereocenters. The lowest BCUT2D eigenvalue weighted by molar-refractivity contribution is -0.135. The van der Waals surface area contributed by atoms with Gasteiger partial charge in [0.1, 0.15) is 0 Å². The Morgan fingerprint density at radius 1 is 1.03 bits per heavy atom. The number of carbonyl (C=O) groups is 2. The van der Waals surface area contributed by atoms with E-state index in [4.69, 9.17) is 4.74 Å². The van der Waals surface area contributed by atoms with Gasteiger partial charge in [-0.1, -0.05) is 49.4 Å². The Morgan fingerprint density at radius 2 is 1.69 bits per heavy atom. The third-order valence-electron chi connectivity index (χ3n) is 5.28. The first-order chi connectivity index (χ1) is 14.1. The van der Waals surface area contributed by atoms with Gasteiger partial charge in [-0.05, 0) is 42.9 Å². The fourth-order valence-corrected chi connectivity index (χ4v) is 4.56. The highest BCUT2D eigenvalue weighted by molar-refractivity contribution is 7.85. The maximum atomic E-state index is 12.5. The molecular weight excluding hydrogens is 386 g/mol. The van der Waals surface area contributed by atoms with E-state index < -0.39 is 16.8 Å². The molecule has 6 heteroatoms. The quantitative estimate of drug-likeness (QED) is 0.652. The van der Waals surface area contributed by atoms with Crippen LogP contribution in [0.25, 0.3) is 0 Å². The summed E-state index contributed by atoms with van der Waals surface area (Å²) in [5.41, 5.74) is 1.59. The number of hydrogen-bond donors (Lipinski definition) is 0. The number of nitrogens with zero attached hydrogens (tertiary/aromatic N) is 1. The second-order valence-corrected chi connectivity index (χ2v) is 8.93. The number of hydrogen-bond acceptors (Lipinski definition) is 4. The van der Waals surface area contributed by atoms with Gasteiger partial charge in [-0.3, -0.25) is 9.00 Å². The molecule has 1 amide bonds. The number of piperidine rings is 1. The van der Waals surface area contributed by atoms with Crippen molar-refractivity contribution in [3.63, 3.8) is 0 Å². The molecule has 0 radical (unpaired) electrons. The minimum absolute atomic E-state index is 0.175. The van der Waals surface area contributed by atoms with Crippen molar-refractivity contribution < 1.29 is 18.5 Å². The molecule has 1 fully saturated rings. The molecule has 3 rings (SSSR count). The van der Waals surface area contributed by atoms with Crippen molar-refractivity contribution >= 4 is 22.7 Å². The van der Waals surface area contributed by atoms with E-state index in [0.717, 1.165) is 19.3 Å². The van der Waals surface area contributed by atoms with Gasteiger partial charge in [0.05, 0.1) is 21.3 Å². The van der Waals surface area contributed by atoms with Gasteiger partial charge in [0.2, 0.25) is 0 Å². The Balaban J connectivity index is 1.48. The Kier molecular flexibility index (Phi) is 7.58. The first-order valence-corrected chi connectivity index (χ1v) is 11.4. The second kappa shape index (κ2) is 10.3. The molecule has 0 saturated carbocycles. The van der Waals surface area contributed by atoms with Gasteiger partial charge >= 0.3 is 5.97 Å². The summed E-state index contributed by atoms with van der Waals surface area (Å²) in [6, 6.07) is 17.1. The van der Waals surface area contributed by atoms with Gasteiger partial charge in [0.25, 0.3) is 5.91 Å². The van der Waals surface area contributed by atoms with E-state index in [-0.39, 0.29) is 18.1 Å². The molecule has 0 bridgehead atoms. The highest BCUT2D eigenvalue weighted by Crippen LogP contribution is 2.22. The van der Waals surface area contributed by atoms with Gasteiger partial charge in [0.15, 0.2) is 6.61 Å². The predicted octanol–water partition coefficient (Wildman–Crippen LogP) is 3.45. The average Bonchev–Trinajstić information content (AvgIpc) is 2.78. The zero-order valence-corrected chi connectivity index (χ0v) is 17.5. The topological polar surface area (TPSA) is 63.7 Å². The van der Waals surface area contributed by atoms with Crippen molar-refractivity contribution in [3.8, 4) is 0 Å². The zero-order chi connectivity index (χ0) is 20.6. The molecule has 0 aliphatic carbocycles. The Morgan fingerprint density at radius 3 is 2.38 bits per heavy atom. The van der Waals surface area contributed by atoms with Gasteiger partial charge in [-0.2, -0.15) is 0 Å². The number of amides is 1. The van der Waals surface area contributed by atoms with Crippen molar-refractivity contribution in [2.75, 3.05) is 25.4 Å². The molecule has 0 spiro atoms. The molecule has 1 aliphatic heterocycles. The van der Waals surface area contributed by atoms with E-state index in [9.17, 15) is 13.8 Å². The van der Waals surface area contributed by atoms with E-state index in [2.05, 4.69) is 24.3 Å². The van der Waals surface area contributed by atoms with Gasteiger partial charge < -0.3 is 9.64 Å². The number of rotatable bonds is 7. The number of ether oxygens (including phenoxy) is 1. The fourth-order valence-electron chi connectivity index (χ4n) is 3.62. The molecule has 0 N–H and O–H groups in total. The molecule has 0 unspecified atom stereocenters. The Bertz CT molecular complexity index is 860. The third kappa shape index (κ3) is 5.76. The Hall–Kier alpha value is -2.47. The highest BCUT2D eigenvalue weighted by atomic mass is 32.2. The summed E-state index contributed by atoms with van der Waals surface area (Å²) in [6.07, 6.45) is 2.93. The molecule has 1 saturated heterocycles. The van der Waals surface area contributed by atoms with Crippen LogP contribution < -0.4 is 0 Å². The van der Waals surface area contributed by atoms with Crippen LogP contribution >= 0.6 is 0 Å². The van der Waals surface area contributed by atoms with Crippen LogP contribution in [0.5, 0.6) is 0 Å². The molecule has 1 heterocycles. The highest BCUT2D eigenvalue weighted by Gasteiger charge is 2.24. The van der Waals surface area contributed by atoms with Crippen LogP contribution in [-0.4, -0.2) is 46.4 Å². The first kappa shape index (κ1) is 21.2. The van der Waals surface area contributed by atoms with E-state index in [1.54, 1.807) is 36.1 Å². The number of esters is 1. The Labute approximate surface area is 174 Å². The molecule has 0 aromatic heterocycles. The van der Waals surface area contributed by atoms with Crippen LogP contribution in [-0.2, 0) is 26.8 Å². The van der Waals surface area contributed by atoms with Crippen molar-refractivity contribution in [1.29, 1.82) is 0 Å². The van der Waals surface area contributed by atoms with E-state index >= 15 is 0 Å². The molecule has 5 nitrogen and oxygen atoms in total. The van der Waals surface area contributed by atoms with Crippen LogP contribution in [0.2, 0.25) is 0 Å². The maximum absolute atomic E-state index is 12.5. The monoisotopic (exact) mass is 413 g/mol. The minimum atomic E-state index is -1.26. The van der Waals surface area contributed by atoms with Crippen molar-refractivity contribution in [1.82, 2.24) is 4.90 Å². The third-order valence-corrected chi connectivity index (χ3v) is 6.65. The smallest absolute Gasteiger partial charge is 0.339 e. The second-order valence-electron chi connectivity index (χ2n) is 7.22. The lowest BCUT2D eigenvalue weighted by Crippen LogP contribution is -2.41. The summed E-state index contributed by atoms with van der Waals surface area (Å²) < 4.78 is 17.4. The normalized spacial score (nSPS) is 15.7. The molecule has 154 valence electrons. The van der Waals surface area contributed by atoms with Crippen LogP contribution in [0.3, 0.4) is 0 Å². The predicted molar refractivity (Wildman–Crippen MR) is 113 cm³/mol. The first-order valence-electron chi connectivity index (χ1n) is 10.0. The summed E-state index contributed by atoms with van der Waals surface area (Å²) in [4.78, 5) is 27.1. The standard InChI is InChI=1S/C23H27NO4S/c1-2-29(27)21-11-7-6-10-20(21)23(26)28-17-22(25)24-14-12-19(13-15-24)16-18-8-4-3-5-9-18/h3-11,19H,2,12-17H2,1H3/t29-/m0/s1. The lowest BCUT2D eigenvalue weighted by Gasteiger charge is -2.32. The molecule has 2 aromatic carbocycles. The molecule has 29 heavy (non-hydrogen) atoms. The van der Waals surface area contributed by atoms with Gasteiger partial charge in [0, 0.05) is 18.8 Å². The maximum Gasteiger partial charge on any atom is 0.339 e. The lowest BCUT2D eigenvalue weighted by atomic mass is 9.90. The molecule has 2 aromatic rings. The summed E-state index contributed by atoms with van der Waals surface area (Å²) in [6.45, 7) is 2.88. The van der Waals surface area contributed by atoms with Crippen LogP contribution in [0.15, 0.2) is 59.5 Å². The number of benzene rings is 2. The van der Waals surface area contributed by atoms with Crippen molar-refractivity contribution in [2.45, 2.75) is 31.1 Å².